The lowest BCUT2D eigenvalue weighted by molar-refractivity contribution is 0.381. The molecule has 0 spiro atoms. The first-order valence-corrected chi connectivity index (χ1v) is 4.35. The summed E-state index contributed by atoms with van der Waals surface area (Å²) in [7, 11) is 1.39. The molecule has 0 aliphatic carbocycles. The van der Waals surface area contributed by atoms with Crippen molar-refractivity contribution in [3.8, 4) is 17.2 Å². The molecule has 15 heavy (non-hydrogen) atoms. The van der Waals surface area contributed by atoms with Crippen molar-refractivity contribution in [3.05, 3.63) is 29.8 Å². The molecule has 0 saturated heterocycles. The summed E-state index contributed by atoms with van der Waals surface area (Å²) in [6.45, 7) is 1.69. The van der Waals surface area contributed by atoms with E-state index in [0.717, 1.165) is 0 Å². The molecular formula is C10H9FN2O2. The lowest BCUT2D eigenvalue weighted by Gasteiger charge is -2.04. The molecule has 0 N–H and O–H groups in total. The second-order valence-corrected chi connectivity index (χ2v) is 2.97. The van der Waals surface area contributed by atoms with E-state index in [-0.39, 0.29) is 11.6 Å². The summed E-state index contributed by atoms with van der Waals surface area (Å²) in [5.41, 5.74) is 0.457. The van der Waals surface area contributed by atoms with Gasteiger partial charge in [-0.05, 0) is 19.1 Å². The van der Waals surface area contributed by atoms with Crippen molar-refractivity contribution < 1.29 is 13.7 Å². The van der Waals surface area contributed by atoms with E-state index >= 15 is 0 Å². The highest BCUT2D eigenvalue weighted by Gasteiger charge is 2.15. The number of nitrogens with zero attached hydrogens (tertiary/aromatic N) is 2. The van der Waals surface area contributed by atoms with Crippen LogP contribution in [0.4, 0.5) is 4.39 Å². The molecule has 0 saturated carbocycles. The number of methoxy groups -OCH3 is 1. The van der Waals surface area contributed by atoms with E-state index in [0.29, 0.717) is 11.4 Å². The molecule has 0 fully saturated rings. The number of aryl methyl sites for hydroxylation is 1. The van der Waals surface area contributed by atoms with Crippen LogP contribution in [0.15, 0.2) is 22.7 Å². The minimum atomic E-state index is -0.453. The van der Waals surface area contributed by atoms with Crippen molar-refractivity contribution in [2.75, 3.05) is 7.11 Å². The van der Waals surface area contributed by atoms with Gasteiger partial charge in [-0.1, -0.05) is 11.2 Å². The SMILES string of the molecule is COc1c(F)cccc1-c1nc(C)no1. The van der Waals surface area contributed by atoms with Crippen LogP contribution in [0.25, 0.3) is 11.5 Å². The Morgan fingerprint density at radius 3 is 2.80 bits per heavy atom. The summed E-state index contributed by atoms with van der Waals surface area (Å²) in [6, 6.07) is 4.53. The van der Waals surface area contributed by atoms with E-state index in [1.807, 2.05) is 0 Å². The predicted molar refractivity (Wildman–Crippen MR) is 51.0 cm³/mol. The van der Waals surface area contributed by atoms with Gasteiger partial charge in [-0.3, -0.25) is 0 Å². The van der Waals surface area contributed by atoms with E-state index in [2.05, 4.69) is 10.1 Å². The smallest absolute Gasteiger partial charge is 0.261 e. The summed E-state index contributed by atoms with van der Waals surface area (Å²) in [5.74, 6) is 0.409. The third-order valence-corrected chi connectivity index (χ3v) is 1.93. The molecular weight excluding hydrogens is 199 g/mol. The summed E-state index contributed by atoms with van der Waals surface area (Å²) < 4.78 is 23.2. The van der Waals surface area contributed by atoms with Crippen LogP contribution in [0.1, 0.15) is 5.82 Å². The fourth-order valence-corrected chi connectivity index (χ4v) is 1.29. The predicted octanol–water partition coefficient (Wildman–Crippen LogP) is 2.19. The number of hydrogen-bond acceptors (Lipinski definition) is 4. The molecule has 4 nitrogen and oxygen atoms in total. The highest BCUT2D eigenvalue weighted by Crippen LogP contribution is 2.30. The molecule has 2 aromatic rings. The highest BCUT2D eigenvalue weighted by atomic mass is 19.1. The second-order valence-electron chi connectivity index (χ2n) is 2.97. The van der Waals surface area contributed by atoms with Crippen LogP contribution in [0, 0.1) is 12.7 Å². The van der Waals surface area contributed by atoms with Gasteiger partial charge in [-0.2, -0.15) is 4.98 Å². The zero-order valence-corrected chi connectivity index (χ0v) is 8.32. The maximum absolute atomic E-state index is 13.3. The third-order valence-electron chi connectivity index (χ3n) is 1.93. The van der Waals surface area contributed by atoms with Gasteiger partial charge in [0.15, 0.2) is 17.4 Å². The van der Waals surface area contributed by atoms with Crippen molar-refractivity contribution in [2.24, 2.45) is 0 Å². The number of para-hydroxylation sites is 1. The van der Waals surface area contributed by atoms with Gasteiger partial charge in [-0.15, -0.1) is 0 Å². The van der Waals surface area contributed by atoms with Crippen LogP contribution in [0.3, 0.4) is 0 Å². The Morgan fingerprint density at radius 1 is 1.40 bits per heavy atom. The fraction of sp³-hybridized carbons (Fsp3) is 0.200. The summed E-state index contributed by atoms with van der Waals surface area (Å²) in [6.07, 6.45) is 0. The molecule has 0 aliphatic heterocycles. The largest absolute Gasteiger partial charge is 0.493 e. The third kappa shape index (κ3) is 1.68. The first-order valence-electron chi connectivity index (χ1n) is 4.35. The average molecular weight is 208 g/mol. The van der Waals surface area contributed by atoms with Gasteiger partial charge < -0.3 is 9.26 Å². The maximum Gasteiger partial charge on any atom is 0.261 e. The highest BCUT2D eigenvalue weighted by molar-refractivity contribution is 5.62. The van der Waals surface area contributed by atoms with Crippen LogP contribution in [-0.4, -0.2) is 17.3 Å². The average Bonchev–Trinajstić information content (AvgIpc) is 2.64. The molecule has 0 radical (unpaired) electrons. The van der Waals surface area contributed by atoms with Crippen molar-refractivity contribution in [3.63, 3.8) is 0 Å². The Balaban J connectivity index is 2.57. The van der Waals surface area contributed by atoms with E-state index in [4.69, 9.17) is 9.26 Å². The summed E-state index contributed by atoms with van der Waals surface area (Å²) in [5, 5.41) is 3.63. The monoisotopic (exact) mass is 208 g/mol. The van der Waals surface area contributed by atoms with E-state index < -0.39 is 5.82 Å². The van der Waals surface area contributed by atoms with Gasteiger partial charge in [0.1, 0.15) is 0 Å². The maximum atomic E-state index is 13.3. The molecule has 0 bridgehead atoms. The standard InChI is InChI=1S/C10H9FN2O2/c1-6-12-10(15-13-6)7-4-3-5-8(11)9(7)14-2/h3-5H,1-2H3. The van der Waals surface area contributed by atoms with Gasteiger partial charge >= 0.3 is 0 Å². The molecule has 1 heterocycles. The first-order chi connectivity index (χ1) is 7.22. The molecule has 0 amide bonds. The Hall–Kier alpha value is -1.91. The zero-order chi connectivity index (χ0) is 10.8. The number of benzene rings is 1. The van der Waals surface area contributed by atoms with Crippen LogP contribution in [0.5, 0.6) is 5.75 Å². The Kier molecular flexibility index (Phi) is 2.37. The molecule has 0 aliphatic rings. The minimum absolute atomic E-state index is 0.112. The van der Waals surface area contributed by atoms with E-state index in [1.165, 1.54) is 13.2 Å². The number of aromatic nitrogens is 2. The van der Waals surface area contributed by atoms with E-state index in [1.54, 1.807) is 19.1 Å². The Morgan fingerprint density at radius 2 is 2.20 bits per heavy atom. The molecule has 0 unspecified atom stereocenters. The van der Waals surface area contributed by atoms with Crippen LogP contribution >= 0.6 is 0 Å². The van der Waals surface area contributed by atoms with Crippen LogP contribution in [0.2, 0.25) is 0 Å². The number of rotatable bonds is 2. The Labute approximate surface area is 85.7 Å². The van der Waals surface area contributed by atoms with Gasteiger partial charge in [0.2, 0.25) is 0 Å². The zero-order valence-electron chi connectivity index (χ0n) is 8.32. The van der Waals surface area contributed by atoms with Crippen molar-refractivity contribution in [1.82, 2.24) is 10.1 Å². The molecule has 1 aromatic carbocycles. The fourth-order valence-electron chi connectivity index (χ4n) is 1.29. The van der Waals surface area contributed by atoms with Gasteiger partial charge in [0.05, 0.1) is 12.7 Å². The van der Waals surface area contributed by atoms with Crippen molar-refractivity contribution in [1.29, 1.82) is 0 Å². The summed E-state index contributed by atoms with van der Waals surface area (Å²) in [4.78, 5) is 4.01. The molecule has 5 heteroatoms. The number of hydrogen-bond donors (Lipinski definition) is 0. The topological polar surface area (TPSA) is 48.2 Å². The summed E-state index contributed by atoms with van der Waals surface area (Å²) >= 11 is 0. The van der Waals surface area contributed by atoms with Crippen molar-refractivity contribution >= 4 is 0 Å². The second kappa shape index (κ2) is 3.68. The normalized spacial score (nSPS) is 10.3. The Bertz CT molecular complexity index is 482. The van der Waals surface area contributed by atoms with Gasteiger partial charge in [0, 0.05) is 0 Å². The molecule has 78 valence electrons. The van der Waals surface area contributed by atoms with Crippen molar-refractivity contribution in [2.45, 2.75) is 6.92 Å². The lowest BCUT2D eigenvalue weighted by atomic mass is 10.2. The molecule has 1 aromatic heterocycles. The van der Waals surface area contributed by atoms with Gasteiger partial charge in [0.25, 0.3) is 5.89 Å². The number of ether oxygens (including phenoxy) is 1. The van der Waals surface area contributed by atoms with Crippen LogP contribution in [-0.2, 0) is 0 Å². The van der Waals surface area contributed by atoms with Gasteiger partial charge in [-0.25, -0.2) is 4.39 Å². The van der Waals surface area contributed by atoms with E-state index in [9.17, 15) is 4.39 Å². The molecule has 2 rings (SSSR count). The van der Waals surface area contributed by atoms with Crippen LogP contribution < -0.4 is 4.74 Å². The minimum Gasteiger partial charge on any atom is -0.493 e. The number of halogens is 1. The lowest BCUT2D eigenvalue weighted by Crippen LogP contribution is -1.91. The molecule has 0 atom stereocenters. The first kappa shape index (κ1) is 9.64. The quantitative estimate of drug-likeness (QED) is 0.759.